The molecule has 1 aliphatic carbocycles. The van der Waals surface area contributed by atoms with Gasteiger partial charge in [0.15, 0.2) is 0 Å². The number of nitrogens with zero attached hydrogens (tertiary/aromatic N) is 2. The Balaban J connectivity index is 1.80. The van der Waals surface area contributed by atoms with E-state index in [1.807, 2.05) is 22.8 Å². The molecule has 0 N–H and O–H groups in total. The van der Waals surface area contributed by atoms with Crippen molar-refractivity contribution in [3.8, 4) is 0 Å². The van der Waals surface area contributed by atoms with Crippen LogP contribution < -0.4 is 0 Å². The van der Waals surface area contributed by atoms with Gasteiger partial charge in [0, 0.05) is 5.25 Å². The SMILES string of the molecule is C[C@H](c1ccccc1)n1cncc1C(=O)SC1CCC1. The lowest BCUT2D eigenvalue weighted by Crippen LogP contribution is -2.18. The third kappa shape index (κ3) is 2.66. The largest absolute Gasteiger partial charge is 0.320 e. The van der Waals surface area contributed by atoms with Gasteiger partial charge in [-0.25, -0.2) is 4.98 Å². The van der Waals surface area contributed by atoms with Crippen LogP contribution in [0.3, 0.4) is 0 Å². The van der Waals surface area contributed by atoms with Crippen molar-refractivity contribution in [2.45, 2.75) is 37.5 Å². The van der Waals surface area contributed by atoms with Crippen LogP contribution in [-0.4, -0.2) is 19.9 Å². The van der Waals surface area contributed by atoms with Crippen LogP contribution in [0.15, 0.2) is 42.9 Å². The van der Waals surface area contributed by atoms with Crippen molar-refractivity contribution in [3.63, 3.8) is 0 Å². The quantitative estimate of drug-likeness (QED) is 0.854. The minimum Gasteiger partial charge on any atom is -0.320 e. The lowest BCUT2D eigenvalue weighted by molar-refractivity contribution is 0.107. The van der Waals surface area contributed by atoms with Crippen LogP contribution in [0, 0.1) is 0 Å². The minimum atomic E-state index is 0.125. The summed E-state index contributed by atoms with van der Waals surface area (Å²) in [4.78, 5) is 16.5. The van der Waals surface area contributed by atoms with Gasteiger partial charge < -0.3 is 4.57 Å². The number of rotatable bonds is 4. The highest BCUT2D eigenvalue weighted by molar-refractivity contribution is 8.14. The number of imidazole rings is 1. The first-order valence-corrected chi connectivity index (χ1v) is 7.91. The Morgan fingerprint density at radius 3 is 2.75 bits per heavy atom. The highest BCUT2D eigenvalue weighted by Gasteiger charge is 2.25. The van der Waals surface area contributed by atoms with Crippen LogP contribution in [0.1, 0.15) is 48.3 Å². The molecule has 1 aliphatic rings. The molecule has 1 aromatic heterocycles. The lowest BCUT2D eigenvalue weighted by Gasteiger charge is -2.24. The molecule has 0 unspecified atom stereocenters. The van der Waals surface area contributed by atoms with Gasteiger partial charge in [-0.1, -0.05) is 48.5 Å². The summed E-state index contributed by atoms with van der Waals surface area (Å²) in [6.07, 6.45) is 7.03. The van der Waals surface area contributed by atoms with Gasteiger partial charge in [0.2, 0.25) is 5.12 Å². The average molecular weight is 286 g/mol. The topological polar surface area (TPSA) is 34.9 Å². The van der Waals surface area contributed by atoms with Crippen LogP contribution in [0.4, 0.5) is 0 Å². The second-order valence-electron chi connectivity index (χ2n) is 5.23. The van der Waals surface area contributed by atoms with Crippen LogP contribution in [0.2, 0.25) is 0 Å². The molecule has 0 amide bonds. The van der Waals surface area contributed by atoms with Crippen LogP contribution in [0.5, 0.6) is 0 Å². The van der Waals surface area contributed by atoms with E-state index in [4.69, 9.17) is 0 Å². The number of thioether (sulfide) groups is 1. The fourth-order valence-electron chi connectivity index (χ4n) is 2.36. The molecule has 1 fully saturated rings. The normalized spacial score (nSPS) is 16.6. The maximum atomic E-state index is 12.4. The molecule has 4 heteroatoms. The molecule has 3 rings (SSSR count). The van der Waals surface area contributed by atoms with Gasteiger partial charge in [0.05, 0.1) is 18.6 Å². The zero-order chi connectivity index (χ0) is 13.9. The molecule has 2 aromatic rings. The number of aromatic nitrogens is 2. The van der Waals surface area contributed by atoms with E-state index >= 15 is 0 Å². The summed E-state index contributed by atoms with van der Waals surface area (Å²) in [6, 6.07) is 10.3. The van der Waals surface area contributed by atoms with Crippen molar-refractivity contribution in [1.82, 2.24) is 9.55 Å². The number of hydrogen-bond donors (Lipinski definition) is 0. The first-order valence-electron chi connectivity index (χ1n) is 7.03. The second kappa shape index (κ2) is 5.83. The van der Waals surface area contributed by atoms with E-state index in [9.17, 15) is 4.79 Å². The van der Waals surface area contributed by atoms with Crippen molar-refractivity contribution in [2.24, 2.45) is 0 Å². The highest BCUT2D eigenvalue weighted by Crippen LogP contribution is 2.33. The molecule has 1 aromatic carbocycles. The molecule has 0 aliphatic heterocycles. The minimum absolute atomic E-state index is 0.125. The number of carbonyl (C=O) groups excluding carboxylic acids is 1. The van der Waals surface area contributed by atoms with E-state index in [1.165, 1.54) is 36.6 Å². The Kier molecular flexibility index (Phi) is 3.92. The first-order chi connectivity index (χ1) is 9.75. The molecular weight excluding hydrogens is 268 g/mol. The van der Waals surface area contributed by atoms with E-state index in [-0.39, 0.29) is 11.2 Å². The van der Waals surface area contributed by atoms with Gasteiger partial charge in [0.25, 0.3) is 0 Å². The Morgan fingerprint density at radius 2 is 2.10 bits per heavy atom. The third-order valence-corrected chi connectivity index (χ3v) is 5.13. The fourth-order valence-corrected chi connectivity index (χ4v) is 3.51. The predicted octanol–water partition coefficient (Wildman–Crippen LogP) is 3.92. The zero-order valence-corrected chi connectivity index (χ0v) is 12.3. The molecule has 0 saturated heterocycles. The maximum absolute atomic E-state index is 12.4. The fraction of sp³-hybridized carbons (Fsp3) is 0.375. The van der Waals surface area contributed by atoms with Gasteiger partial charge >= 0.3 is 0 Å². The summed E-state index contributed by atoms with van der Waals surface area (Å²) in [7, 11) is 0. The average Bonchev–Trinajstić information content (AvgIpc) is 2.92. The Labute approximate surface area is 123 Å². The number of carbonyl (C=O) groups is 1. The Hall–Kier alpha value is -1.55. The molecule has 1 saturated carbocycles. The van der Waals surface area contributed by atoms with E-state index in [0.29, 0.717) is 10.9 Å². The summed E-state index contributed by atoms with van der Waals surface area (Å²) in [5.74, 6) is 0. The zero-order valence-electron chi connectivity index (χ0n) is 11.5. The molecule has 0 radical (unpaired) electrons. The van der Waals surface area contributed by atoms with Gasteiger partial charge in [-0.15, -0.1) is 0 Å². The van der Waals surface area contributed by atoms with Crippen molar-refractivity contribution in [3.05, 3.63) is 54.1 Å². The van der Waals surface area contributed by atoms with Crippen molar-refractivity contribution < 1.29 is 4.79 Å². The predicted molar refractivity (Wildman–Crippen MR) is 82.0 cm³/mol. The highest BCUT2D eigenvalue weighted by atomic mass is 32.2. The molecule has 0 bridgehead atoms. The number of benzene rings is 1. The van der Waals surface area contributed by atoms with Crippen molar-refractivity contribution >= 4 is 16.9 Å². The molecule has 3 nitrogen and oxygen atoms in total. The van der Waals surface area contributed by atoms with Gasteiger partial charge in [-0.2, -0.15) is 0 Å². The van der Waals surface area contributed by atoms with E-state index in [0.717, 1.165) is 0 Å². The van der Waals surface area contributed by atoms with Gasteiger partial charge in [-0.3, -0.25) is 4.79 Å². The maximum Gasteiger partial charge on any atom is 0.237 e. The van der Waals surface area contributed by atoms with E-state index in [2.05, 4.69) is 24.0 Å². The summed E-state index contributed by atoms with van der Waals surface area (Å²) >= 11 is 1.47. The smallest absolute Gasteiger partial charge is 0.237 e. The second-order valence-corrected chi connectivity index (χ2v) is 6.50. The van der Waals surface area contributed by atoms with Gasteiger partial charge in [-0.05, 0) is 25.3 Å². The summed E-state index contributed by atoms with van der Waals surface area (Å²) in [5.41, 5.74) is 1.89. The van der Waals surface area contributed by atoms with Crippen LogP contribution in [0.25, 0.3) is 0 Å². The summed E-state index contributed by atoms with van der Waals surface area (Å²) in [5, 5.41) is 0.660. The number of hydrogen-bond acceptors (Lipinski definition) is 3. The molecule has 104 valence electrons. The van der Waals surface area contributed by atoms with E-state index in [1.54, 1.807) is 12.5 Å². The molecule has 0 spiro atoms. The van der Waals surface area contributed by atoms with Crippen molar-refractivity contribution in [2.75, 3.05) is 0 Å². The lowest BCUT2D eigenvalue weighted by atomic mass is 10.0. The Bertz CT molecular complexity index is 590. The molecular formula is C16H18N2OS. The Morgan fingerprint density at radius 1 is 1.35 bits per heavy atom. The molecule has 1 atom stereocenters. The standard InChI is InChI=1S/C16H18N2OS/c1-12(13-6-3-2-4-7-13)18-11-17-10-15(18)16(19)20-14-8-5-9-14/h2-4,6-7,10-12,14H,5,8-9H2,1H3/t12-/m1/s1. The summed E-state index contributed by atoms with van der Waals surface area (Å²) in [6.45, 7) is 2.10. The van der Waals surface area contributed by atoms with E-state index < -0.39 is 0 Å². The molecule has 20 heavy (non-hydrogen) atoms. The van der Waals surface area contributed by atoms with Crippen LogP contribution >= 0.6 is 11.8 Å². The summed E-state index contributed by atoms with van der Waals surface area (Å²) < 4.78 is 1.98. The first kappa shape index (κ1) is 13.4. The van der Waals surface area contributed by atoms with Crippen LogP contribution in [-0.2, 0) is 0 Å². The van der Waals surface area contributed by atoms with Gasteiger partial charge in [0.1, 0.15) is 5.69 Å². The monoisotopic (exact) mass is 286 g/mol. The molecule has 1 heterocycles. The van der Waals surface area contributed by atoms with Crippen molar-refractivity contribution in [1.29, 1.82) is 0 Å². The third-order valence-electron chi connectivity index (χ3n) is 3.90.